The van der Waals surface area contributed by atoms with Gasteiger partial charge in [-0.2, -0.15) is 0 Å². The Morgan fingerprint density at radius 3 is 2.25 bits per heavy atom. The fourth-order valence-electron chi connectivity index (χ4n) is 9.42. The van der Waals surface area contributed by atoms with E-state index in [9.17, 15) is 34.5 Å². The van der Waals surface area contributed by atoms with E-state index >= 15 is 0 Å². The molecule has 0 radical (unpaired) electrons. The van der Waals surface area contributed by atoms with Crippen molar-refractivity contribution in [3.8, 4) is 0 Å². The van der Waals surface area contributed by atoms with Crippen LogP contribution in [0.2, 0.25) is 0 Å². The molecule has 13 heteroatoms. The van der Waals surface area contributed by atoms with E-state index in [4.69, 9.17) is 23.7 Å². The number of fused-ring (bicyclic) bond motifs is 3. The summed E-state index contributed by atoms with van der Waals surface area (Å²) in [7, 11) is 4.61. The Morgan fingerprint density at radius 2 is 1.60 bits per heavy atom. The van der Waals surface area contributed by atoms with E-state index in [1.807, 2.05) is 32.9 Å². The molecule has 3 fully saturated rings. The molecule has 1 aliphatic carbocycles. The van der Waals surface area contributed by atoms with Crippen LogP contribution in [0, 0.1) is 29.6 Å². The van der Waals surface area contributed by atoms with E-state index in [0.717, 1.165) is 5.57 Å². The summed E-state index contributed by atoms with van der Waals surface area (Å²) in [5.74, 6) is -7.76. The molecular weight excluding hydrogens is 734 g/mol. The predicted molar refractivity (Wildman–Crippen MR) is 213 cm³/mol. The highest BCUT2D eigenvalue weighted by Crippen LogP contribution is 2.39. The number of ketones is 2. The van der Waals surface area contributed by atoms with Gasteiger partial charge in [-0.25, -0.2) is 4.79 Å². The molecule has 1 amide bonds. The highest BCUT2D eigenvalue weighted by molar-refractivity contribution is 6.39. The highest BCUT2D eigenvalue weighted by atomic mass is 16.7. The molecule has 3 heterocycles. The monoisotopic (exact) mass is 803 g/mol. The number of amides is 1. The summed E-state index contributed by atoms with van der Waals surface area (Å²) in [5, 5.41) is 34.1. The van der Waals surface area contributed by atoms with Crippen LogP contribution in [0.5, 0.6) is 0 Å². The standard InChI is InChI=1S/C44H69NO12/c1-10-13-31-19-25(2)18-26(3)20-37(54-8)40-38(55-9)22-28(5)44(52,57-40)41(49)42(50)45-17-12-11-14-32(45)43(51)56-39(29(6)34(47)24-35(31)48)27(4)21-30-15-16-33(46)36(23-30)53-7/h10,19,21,26,28-34,36-40,46-47,52H,1,11-18,20,22-24H2,2-9H3/b25-19?,27-21+/t26-,28+,29+,30-,31+,32-,33+,34-,36+,37-,38-,39+,40+,44-/m0/s1. The average molecular weight is 804 g/mol. The van der Waals surface area contributed by atoms with Crippen molar-refractivity contribution in [1.29, 1.82) is 0 Å². The van der Waals surface area contributed by atoms with E-state index in [0.29, 0.717) is 56.9 Å². The number of carbonyl (C=O) groups is 4. The van der Waals surface area contributed by atoms with Crippen molar-refractivity contribution in [3.05, 3.63) is 36.0 Å². The third-order valence-electron chi connectivity index (χ3n) is 12.9. The van der Waals surface area contributed by atoms with Gasteiger partial charge in [-0.1, -0.05) is 44.6 Å². The lowest BCUT2D eigenvalue weighted by molar-refractivity contribution is -0.302. The van der Waals surface area contributed by atoms with Gasteiger partial charge in [0, 0.05) is 52.0 Å². The minimum Gasteiger partial charge on any atom is -0.456 e. The zero-order valence-corrected chi connectivity index (χ0v) is 35.4. The minimum atomic E-state index is -2.51. The smallest absolute Gasteiger partial charge is 0.329 e. The number of aliphatic hydroxyl groups is 3. The van der Waals surface area contributed by atoms with Gasteiger partial charge >= 0.3 is 5.97 Å². The van der Waals surface area contributed by atoms with Crippen LogP contribution in [0.1, 0.15) is 105 Å². The van der Waals surface area contributed by atoms with Crippen molar-refractivity contribution in [1.82, 2.24) is 4.90 Å². The van der Waals surface area contributed by atoms with Crippen LogP contribution in [-0.4, -0.2) is 126 Å². The second-order valence-corrected chi connectivity index (χ2v) is 17.3. The summed E-state index contributed by atoms with van der Waals surface area (Å²) in [6.45, 7) is 13.1. The van der Waals surface area contributed by atoms with Gasteiger partial charge in [-0.3, -0.25) is 14.4 Å². The fourth-order valence-corrected chi connectivity index (χ4v) is 9.42. The molecule has 4 aliphatic rings. The van der Waals surface area contributed by atoms with Crippen molar-refractivity contribution in [2.75, 3.05) is 27.9 Å². The van der Waals surface area contributed by atoms with Crippen molar-refractivity contribution in [2.24, 2.45) is 29.6 Å². The third kappa shape index (κ3) is 11.3. The SMILES string of the molecule is C=CC[C@@H]1C=C(C)C[C@H](C)C[C@H](OC)[C@H]2O[C@](O)(C(=O)C(=O)N3CCCC[C@H]3C(=O)O[C@H](/C(C)=C/[C@@H]3CC[C@@H](O)[C@H](OC)C3)[C@H](C)[C@@H](O)CC1=O)[C@H](C)C[C@@H]2OC. The number of nitrogens with zero attached hydrogens (tertiary/aromatic N) is 1. The van der Waals surface area contributed by atoms with E-state index in [2.05, 4.69) is 6.58 Å². The molecule has 13 nitrogen and oxygen atoms in total. The van der Waals surface area contributed by atoms with Gasteiger partial charge in [-0.15, -0.1) is 6.58 Å². The summed E-state index contributed by atoms with van der Waals surface area (Å²) in [6, 6.07) is -1.14. The summed E-state index contributed by atoms with van der Waals surface area (Å²) in [5.41, 5.74) is 1.61. The Bertz CT molecular complexity index is 1480. The zero-order chi connectivity index (χ0) is 42.2. The summed E-state index contributed by atoms with van der Waals surface area (Å²) < 4.78 is 29.7. The number of hydrogen-bond acceptors (Lipinski definition) is 12. The maximum atomic E-state index is 14.3. The maximum Gasteiger partial charge on any atom is 0.329 e. The number of cyclic esters (lactones) is 1. The maximum absolute atomic E-state index is 14.3. The van der Waals surface area contributed by atoms with E-state index in [1.165, 1.54) is 19.1 Å². The first kappa shape index (κ1) is 46.9. The fraction of sp³-hybridized carbons (Fsp3) is 0.773. The highest BCUT2D eigenvalue weighted by Gasteiger charge is 2.56. The lowest BCUT2D eigenvalue weighted by Crippen LogP contribution is -2.64. The molecule has 0 aromatic rings. The molecule has 2 saturated heterocycles. The van der Waals surface area contributed by atoms with Crippen LogP contribution in [0.4, 0.5) is 0 Å². The van der Waals surface area contributed by atoms with Gasteiger partial charge in [0.15, 0.2) is 0 Å². The molecular formula is C44H69NO12. The topological polar surface area (TPSA) is 178 Å². The number of methoxy groups -OCH3 is 3. The van der Waals surface area contributed by atoms with Crippen LogP contribution in [0.25, 0.3) is 0 Å². The Labute approximate surface area is 339 Å². The van der Waals surface area contributed by atoms with Gasteiger partial charge in [0.2, 0.25) is 5.79 Å². The van der Waals surface area contributed by atoms with Crippen LogP contribution < -0.4 is 0 Å². The number of hydrogen-bond donors (Lipinski definition) is 3. The van der Waals surface area contributed by atoms with Crippen LogP contribution in [0.3, 0.4) is 0 Å². The number of ether oxygens (including phenoxy) is 5. The average Bonchev–Trinajstić information content (AvgIpc) is 3.18. The molecule has 3 N–H and O–H groups in total. The minimum absolute atomic E-state index is 0.00988. The largest absolute Gasteiger partial charge is 0.456 e. The number of allylic oxidation sites excluding steroid dienone is 4. The van der Waals surface area contributed by atoms with Crippen molar-refractivity contribution in [2.45, 2.75) is 160 Å². The molecule has 1 saturated carbocycles. The van der Waals surface area contributed by atoms with Crippen molar-refractivity contribution >= 4 is 23.4 Å². The Kier molecular flexibility index (Phi) is 17.2. The van der Waals surface area contributed by atoms with Crippen molar-refractivity contribution < 1.29 is 58.2 Å². The molecule has 0 aromatic carbocycles. The number of piperidine rings is 1. The quantitative estimate of drug-likeness (QED) is 0.185. The third-order valence-corrected chi connectivity index (χ3v) is 12.9. The van der Waals surface area contributed by atoms with E-state index in [-0.39, 0.29) is 49.5 Å². The van der Waals surface area contributed by atoms with Crippen LogP contribution in [0.15, 0.2) is 36.0 Å². The first-order valence-corrected chi connectivity index (χ1v) is 20.9. The molecule has 4 rings (SSSR count). The number of Topliss-reactive ketones (excluding diaryl/α,β-unsaturated/α-hetero) is 2. The molecule has 2 bridgehead atoms. The second-order valence-electron chi connectivity index (χ2n) is 17.3. The lowest BCUT2D eigenvalue weighted by Gasteiger charge is -2.47. The number of esters is 1. The molecule has 0 spiro atoms. The normalized spacial score (nSPS) is 40.1. The van der Waals surface area contributed by atoms with Crippen LogP contribution >= 0.6 is 0 Å². The molecule has 0 unspecified atom stereocenters. The number of carbonyl (C=O) groups excluding carboxylic acids is 4. The summed E-state index contributed by atoms with van der Waals surface area (Å²) in [4.78, 5) is 57.8. The van der Waals surface area contributed by atoms with Gasteiger partial charge in [0.05, 0.1) is 30.5 Å². The van der Waals surface area contributed by atoms with Crippen LogP contribution in [-0.2, 0) is 42.9 Å². The van der Waals surface area contributed by atoms with Crippen molar-refractivity contribution in [3.63, 3.8) is 0 Å². The van der Waals surface area contributed by atoms with Gasteiger partial charge < -0.3 is 43.9 Å². The molecule has 0 aromatic heterocycles. The van der Waals surface area contributed by atoms with Gasteiger partial charge in [0.1, 0.15) is 24.0 Å². The number of aliphatic hydroxyl groups excluding tert-OH is 2. The molecule has 14 atom stereocenters. The first-order valence-electron chi connectivity index (χ1n) is 20.9. The zero-order valence-electron chi connectivity index (χ0n) is 35.4. The Hall–Kier alpha value is -2.78. The molecule has 322 valence electrons. The van der Waals surface area contributed by atoms with Gasteiger partial charge in [0.25, 0.3) is 11.7 Å². The predicted octanol–water partition coefficient (Wildman–Crippen LogP) is 4.64. The Morgan fingerprint density at radius 1 is 0.930 bits per heavy atom. The molecule has 57 heavy (non-hydrogen) atoms. The summed E-state index contributed by atoms with van der Waals surface area (Å²) >= 11 is 0. The lowest BCUT2D eigenvalue weighted by atomic mass is 9.81. The Balaban J connectivity index is 1.78. The van der Waals surface area contributed by atoms with E-state index < -0.39 is 83.9 Å². The van der Waals surface area contributed by atoms with E-state index in [1.54, 1.807) is 27.0 Å². The second kappa shape index (κ2) is 21.0. The molecule has 3 aliphatic heterocycles. The summed E-state index contributed by atoms with van der Waals surface area (Å²) in [6.07, 6.45) is 4.93. The number of rotatable bonds is 7. The van der Waals surface area contributed by atoms with Gasteiger partial charge in [-0.05, 0) is 95.5 Å². The first-order chi connectivity index (χ1) is 27.0.